The lowest BCUT2D eigenvalue weighted by Crippen LogP contribution is -2.35. The van der Waals surface area contributed by atoms with Crippen LogP contribution >= 0.6 is 15.9 Å². The van der Waals surface area contributed by atoms with E-state index < -0.39 is 5.97 Å². The van der Waals surface area contributed by atoms with Gasteiger partial charge in [0.15, 0.2) is 0 Å². The summed E-state index contributed by atoms with van der Waals surface area (Å²) in [6.45, 7) is 3.01. The van der Waals surface area contributed by atoms with Crippen molar-refractivity contribution in [2.24, 2.45) is 0 Å². The number of ether oxygens (including phenoxy) is 1. The first-order valence-electron chi connectivity index (χ1n) is 6.61. The molecule has 6 nitrogen and oxygen atoms in total. The minimum absolute atomic E-state index is 0.0338. The minimum Gasteiger partial charge on any atom is -0.465 e. The van der Waals surface area contributed by atoms with Crippen LogP contribution in [0.4, 0.5) is 11.4 Å². The second kappa shape index (κ2) is 6.34. The average molecular weight is 356 g/mol. The van der Waals surface area contributed by atoms with E-state index in [1.807, 2.05) is 0 Å². The van der Waals surface area contributed by atoms with Gasteiger partial charge < -0.3 is 20.7 Å². The monoisotopic (exact) mass is 355 g/mol. The van der Waals surface area contributed by atoms with Crippen molar-refractivity contribution in [3.8, 4) is 0 Å². The minimum atomic E-state index is -0.459. The largest absolute Gasteiger partial charge is 0.465 e. The number of carbonyl (C=O) groups is 2. The number of anilines is 2. The highest BCUT2D eigenvalue weighted by Crippen LogP contribution is 2.33. The Morgan fingerprint density at radius 1 is 1.48 bits per heavy atom. The van der Waals surface area contributed by atoms with Crippen molar-refractivity contribution in [2.75, 3.05) is 30.8 Å². The predicted octanol–water partition coefficient (Wildman–Crippen LogP) is 1.53. The lowest BCUT2D eigenvalue weighted by Gasteiger charge is -2.21. The third-order valence-corrected chi connectivity index (χ3v) is 4.10. The third-order valence-electron chi connectivity index (χ3n) is 3.46. The molecule has 0 radical (unpaired) electrons. The van der Waals surface area contributed by atoms with Gasteiger partial charge in [-0.05, 0) is 34.5 Å². The van der Waals surface area contributed by atoms with Gasteiger partial charge in [-0.2, -0.15) is 0 Å². The van der Waals surface area contributed by atoms with Crippen LogP contribution in [0, 0.1) is 0 Å². The predicted molar refractivity (Wildman–Crippen MR) is 84.3 cm³/mol. The van der Waals surface area contributed by atoms with Crippen LogP contribution in [0.25, 0.3) is 0 Å². The van der Waals surface area contributed by atoms with Crippen LogP contribution in [0.15, 0.2) is 16.6 Å². The molecule has 0 saturated carbocycles. The van der Waals surface area contributed by atoms with E-state index in [4.69, 9.17) is 10.5 Å². The molecule has 1 saturated heterocycles. The zero-order valence-electron chi connectivity index (χ0n) is 12.0. The van der Waals surface area contributed by atoms with Crippen LogP contribution in [-0.2, 0) is 9.53 Å². The van der Waals surface area contributed by atoms with Crippen LogP contribution in [0.5, 0.6) is 0 Å². The molecular weight excluding hydrogens is 338 g/mol. The molecule has 21 heavy (non-hydrogen) atoms. The summed E-state index contributed by atoms with van der Waals surface area (Å²) in [6.07, 6.45) is 0.865. The quantitative estimate of drug-likeness (QED) is 0.634. The second-order valence-electron chi connectivity index (χ2n) is 5.01. The number of esters is 1. The fraction of sp³-hybridized carbons (Fsp3) is 0.429. The van der Waals surface area contributed by atoms with E-state index in [1.54, 1.807) is 12.1 Å². The number of nitrogens with one attached hydrogen (secondary N) is 1. The van der Waals surface area contributed by atoms with Crippen molar-refractivity contribution in [3.63, 3.8) is 0 Å². The summed E-state index contributed by atoms with van der Waals surface area (Å²) in [7, 11) is 1.33. The lowest BCUT2D eigenvalue weighted by atomic mass is 10.1. The molecule has 1 aliphatic heterocycles. The fourth-order valence-corrected chi connectivity index (χ4v) is 3.10. The molecule has 1 aromatic carbocycles. The molecule has 0 aromatic heterocycles. The number of hydrogen-bond donors (Lipinski definition) is 2. The maximum atomic E-state index is 11.7. The number of hydrogen-bond acceptors (Lipinski definition) is 5. The Labute approximate surface area is 131 Å². The summed E-state index contributed by atoms with van der Waals surface area (Å²) < 4.78 is 5.55. The van der Waals surface area contributed by atoms with Gasteiger partial charge in [0.2, 0.25) is 5.91 Å². The first kappa shape index (κ1) is 15.6. The molecule has 1 amide bonds. The molecule has 1 aromatic rings. The molecule has 1 atom stereocenters. The van der Waals surface area contributed by atoms with Gasteiger partial charge in [0, 0.05) is 36.2 Å². The number of carbonyl (C=O) groups excluding carboxylic acids is 2. The van der Waals surface area contributed by atoms with E-state index >= 15 is 0 Å². The van der Waals surface area contributed by atoms with Crippen molar-refractivity contribution in [1.82, 2.24) is 5.32 Å². The summed E-state index contributed by atoms with van der Waals surface area (Å²) in [5.41, 5.74) is 7.44. The molecule has 1 heterocycles. The second-order valence-corrected chi connectivity index (χ2v) is 5.87. The number of nitrogens with two attached hydrogens (primary N) is 1. The Balaban J connectivity index is 2.24. The smallest absolute Gasteiger partial charge is 0.340 e. The maximum absolute atomic E-state index is 11.7. The first-order valence-corrected chi connectivity index (χ1v) is 7.41. The molecule has 3 N–H and O–H groups in total. The van der Waals surface area contributed by atoms with E-state index in [-0.39, 0.29) is 11.9 Å². The van der Waals surface area contributed by atoms with Gasteiger partial charge in [-0.1, -0.05) is 0 Å². The summed E-state index contributed by atoms with van der Waals surface area (Å²) in [4.78, 5) is 25.0. The fourth-order valence-electron chi connectivity index (χ4n) is 2.49. The van der Waals surface area contributed by atoms with Gasteiger partial charge >= 0.3 is 5.97 Å². The van der Waals surface area contributed by atoms with Crippen LogP contribution in [0.1, 0.15) is 23.7 Å². The zero-order valence-corrected chi connectivity index (χ0v) is 13.6. The van der Waals surface area contributed by atoms with Crippen molar-refractivity contribution < 1.29 is 14.3 Å². The van der Waals surface area contributed by atoms with Crippen LogP contribution in [0.2, 0.25) is 0 Å². The Hall–Kier alpha value is -1.76. The van der Waals surface area contributed by atoms with Crippen LogP contribution < -0.4 is 16.0 Å². The third kappa shape index (κ3) is 3.47. The average Bonchev–Trinajstić information content (AvgIpc) is 2.85. The molecule has 0 spiro atoms. The topological polar surface area (TPSA) is 84.7 Å². The molecule has 114 valence electrons. The van der Waals surface area contributed by atoms with E-state index in [2.05, 4.69) is 26.1 Å². The van der Waals surface area contributed by atoms with Crippen LogP contribution in [-0.4, -0.2) is 38.1 Å². The first-order chi connectivity index (χ1) is 9.92. The number of methoxy groups -OCH3 is 1. The van der Waals surface area contributed by atoms with Crippen molar-refractivity contribution >= 4 is 39.2 Å². The van der Waals surface area contributed by atoms with E-state index in [0.717, 1.165) is 23.1 Å². The van der Waals surface area contributed by atoms with Gasteiger partial charge in [-0.25, -0.2) is 4.79 Å². The number of benzene rings is 1. The molecule has 0 bridgehead atoms. The van der Waals surface area contributed by atoms with Gasteiger partial charge in [-0.3, -0.25) is 4.79 Å². The van der Waals surface area contributed by atoms with Gasteiger partial charge in [-0.15, -0.1) is 0 Å². The Bertz CT molecular complexity index is 577. The molecule has 1 aliphatic rings. The number of rotatable bonds is 3. The summed E-state index contributed by atoms with van der Waals surface area (Å²) in [5.74, 6) is -0.493. The van der Waals surface area contributed by atoms with Crippen molar-refractivity contribution in [1.29, 1.82) is 0 Å². The number of nitrogens with zero attached hydrogens (tertiary/aromatic N) is 1. The summed E-state index contributed by atoms with van der Waals surface area (Å²) in [5, 5.41) is 2.91. The number of amides is 1. The van der Waals surface area contributed by atoms with Gasteiger partial charge in [0.25, 0.3) is 0 Å². The number of nitrogen functional groups attached to an aromatic ring is 1. The van der Waals surface area contributed by atoms with Gasteiger partial charge in [0.1, 0.15) is 0 Å². The summed E-state index contributed by atoms with van der Waals surface area (Å²) in [6, 6.07) is 3.54. The molecule has 2 rings (SSSR count). The van der Waals surface area contributed by atoms with Gasteiger partial charge in [0.05, 0.1) is 18.4 Å². The van der Waals surface area contributed by atoms with Crippen molar-refractivity contribution in [3.05, 3.63) is 22.2 Å². The Kier molecular flexibility index (Phi) is 4.72. The standard InChI is InChI=1S/C14H18BrN3O3/c1-8(19)17-9-3-4-18(7-9)13-5-10(14(20)21-2)12(16)6-11(13)15/h5-6,9H,3-4,7,16H2,1-2H3,(H,17,19). The lowest BCUT2D eigenvalue weighted by molar-refractivity contribution is -0.119. The molecular formula is C14H18BrN3O3. The van der Waals surface area contributed by atoms with Crippen molar-refractivity contribution in [2.45, 2.75) is 19.4 Å². The normalized spacial score (nSPS) is 17.7. The highest BCUT2D eigenvalue weighted by molar-refractivity contribution is 9.10. The molecule has 7 heteroatoms. The molecule has 1 unspecified atom stereocenters. The molecule has 0 aliphatic carbocycles. The maximum Gasteiger partial charge on any atom is 0.340 e. The highest BCUT2D eigenvalue weighted by Gasteiger charge is 2.26. The number of halogens is 1. The summed E-state index contributed by atoms with van der Waals surface area (Å²) >= 11 is 3.47. The van der Waals surface area contributed by atoms with E-state index in [1.165, 1.54) is 14.0 Å². The van der Waals surface area contributed by atoms with E-state index in [0.29, 0.717) is 17.8 Å². The highest BCUT2D eigenvalue weighted by atomic mass is 79.9. The van der Waals surface area contributed by atoms with Crippen LogP contribution in [0.3, 0.4) is 0 Å². The Morgan fingerprint density at radius 2 is 2.19 bits per heavy atom. The van der Waals surface area contributed by atoms with E-state index in [9.17, 15) is 9.59 Å². The molecule has 1 fully saturated rings. The SMILES string of the molecule is COC(=O)c1cc(N2CCC(NC(C)=O)C2)c(Br)cc1N. The zero-order chi connectivity index (χ0) is 15.6. The Morgan fingerprint density at radius 3 is 2.81 bits per heavy atom.